The van der Waals surface area contributed by atoms with E-state index in [1.807, 2.05) is 0 Å². The molecule has 5 nitrogen and oxygen atoms in total. The standard InChI is InChI=1S/C17H16ClF3N2O3S/c18-14-7-6-13(17(19,20)21)10-15(14)27(25,26)23(9-8-16(22)24)11-12-4-2-1-3-5-12/h1-7,10H,8-9,11H2,(H2,22,24). The van der Waals surface area contributed by atoms with Crippen molar-refractivity contribution in [2.24, 2.45) is 5.73 Å². The lowest BCUT2D eigenvalue weighted by molar-refractivity contribution is -0.137. The topological polar surface area (TPSA) is 80.5 Å². The van der Waals surface area contributed by atoms with Crippen molar-refractivity contribution in [1.82, 2.24) is 4.31 Å². The second-order valence-electron chi connectivity index (χ2n) is 5.68. The van der Waals surface area contributed by atoms with Gasteiger partial charge >= 0.3 is 6.18 Å². The predicted octanol–water partition coefficient (Wildman–Crippen LogP) is 3.43. The van der Waals surface area contributed by atoms with Gasteiger partial charge in [-0.2, -0.15) is 17.5 Å². The monoisotopic (exact) mass is 420 g/mol. The summed E-state index contributed by atoms with van der Waals surface area (Å²) < 4.78 is 65.8. The Morgan fingerprint density at radius 1 is 1.11 bits per heavy atom. The van der Waals surface area contributed by atoms with Crippen molar-refractivity contribution in [3.8, 4) is 0 Å². The minimum Gasteiger partial charge on any atom is -0.370 e. The van der Waals surface area contributed by atoms with Crippen LogP contribution < -0.4 is 5.73 Å². The number of hydrogen-bond donors (Lipinski definition) is 1. The average molecular weight is 421 g/mol. The van der Waals surface area contributed by atoms with E-state index in [-0.39, 0.29) is 24.5 Å². The number of amides is 1. The Hall–Kier alpha value is -2.10. The van der Waals surface area contributed by atoms with Gasteiger partial charge in [-0.25, -0.2) is 8.42 Å². The van der Waals surface area contributed by atoms with Gasteiger partial charge in [-0.15, -0.1) is 0 Å². The van der Waals surface area contributed by atoms with Crippen molar-refractivity contribution in [2.75, 3.05) is 6.54 Å². The van der Waals surface area contributed by atoms with E-state index in [9.17, 15) is 26.4 Å². The van der Waals surface area contributed by atoms with Crippen LogP contribution in [0.25, 0.3) is 0 Å². The van der Waals surface area contributed by atoms with E-state index < -0.39 is 32.6 Å². The Balaban J connectivity index is 2.48. The Bertz CT molecular complexity index is 919. The largest absolute Gasteiger partial charge is 0.416 e. The third-order valence-corrected chi connectivity index (χ3v) is 6.01. The molecule has 2 aromatic carbocycles. The number of nitrogens with two attached hydrogens (primary N) is 1. The highest BCUT2D eigenvalue weighted by Gasteiger charge is 2.34. The van der Waals surface area contributed by atoms with Gasteiger partial charge in [-0.1, -0.05) is 41.9 Å². The van der Waals surface area contributed by atoms with E-state index in [1.54, 1.807) is 30.3 Å². The molecule has 0 bridgehead atoms. The summed E-state index contributed by atoms with van der Waals surface area (Å²) in [5, 5.41) is -0.347. The quantitative estimate of drug-likeness (QED) is 0.745. The molecule has 146 valence electrons. The molecule has 2 N–H and O–H groups in total. The molecule has 27 heavy (non-hydrogen) atoms. The lowest BCUT2D eigenvalue weighted by atomic mass is 10.2. The summed E-state index contributed by atoms with van der Waals surface area (Å²) in [6.45, 7) is -0.442. The summed E-state index contributed by atoms with van der Waals surface area (Å²) in [5.41, 5.74) is 4.54. The normalized spacial score (nSPS) is 12.3. The van der Waals surface area contributed by atoms with Gasteiger partial charge in [-0.3, -0.25) is 4.79 Å². The second kappa shape index (κ2) is 8.28. The number of carbonyl (C=O) groups excluding carboxylic acids is 1. The number of halogens is 4. The number of sulfonamides is 1. The van der Waals surface area contributed by atoms with Gasteiger partial charge in [0.05, 0.1) is 10.6 Å². The number of carbonyl (C=O) groups is 1. The molecule has 10 heteroatoms. The van der Waals surface area contributed by atoms with Crippen molar-refractivity contribution >= 4 is 27.5 Å². The zero-order valence-electron chi connectivity index (χ0n) is 13.9. The zero-order chi connectivity index (χ0) is 20.2. The Morgan fingerprint density at radius 2 is 1.74 bits per heavy atom. The highest BCUT2D eigenvalue weighted by atomic mass is 35.5. The van der Waals surface area contributed by atoms with E-state index in [2.05, 4.69) is 0 Å². The van der Waals surface area contributed by atoms with Crippen LogP contribution in [0.4, 0.5) is 13.2 Å². The number of alkyl halides is 3. The van der Waals surface area contributed by atoms with Gasteiger partial charge < -0.3 is 5.73 Å². The van der Waals surface area contributed by atoms with Gasteiger partial charge in [0.15, 0.2) is 0 Å². The molecule has 0 heterocycles. The van der Waals surface area contributed by atoms with Gasteiger partial charge in [0.25, 0.3) is 0 Å². The summed E-state index contributed by atoms with van der Waals surface area (Å²) in [6, 6.07) is 10.5. The molecule has 0 aliphatic heterocycles. The highest BCUT2D eigenvalue weighted by Crippen LogP contribution is 2.34. The van der Waals surface area contributed by atoms with Crippen LogP contribution in [0, 0.1) is 0 Å². The Morgan fingerprint density at radius 3 is 2.30 bits per heavy atom. The predicted molar refractivity (Wildman–Crippen MR) is 94.3 cm³/mol. The van der Waals surface area contributed by atoms with E-state index >= 15 is 0 Å². The molecule has 0 unspecified atom stereocenters. The molecule has 2 rings (SSSR count). The SMILES string of the molecule is NC(=O)CCN(Cc1ccccc1)S(=O)(=O)c1cc(C(F)(F)F)ccc1Cl. The van der Waals surface area contributed by atoms with Gasteiger partial charge in [-0.05, 0) is 23.8 Å². The maximum atomic E-state index is 13.0. The van der Waals surface area contributed by atoms with Crippen LogP contribution in [-0.2, 0) is 27.5 Å². The first-order valence-electron chi connectivity index (χ1n) is 7.71. The molecule has 0 saturated carbocycles. The van der Waals surface area contributed by atoms with Gasteiger partial charge in [0.1, 0.15) is 4.90 Å². The summed E-state index contributed by atoms with van der Waals surface area (Å²) in [7, 11) is -4.41. The first kappa shape index (κ1) is 21.2. The molecule has 0 fully saturated rings. The minimum absolute atomic E-state index is 0.150. The zero-order valence-corrected chi connectivity index (χ0v) is 15.5. The van der Waals surface area contributed by atoms with Gasteiger partial charge in [0.2, 0.25) is 15.9 Å². The molecule has 0 aliphatic rings. The van der Waals surface area contributed by atoms with Crippen molar-refractivity contribution < 1.29 is 26.4 Å². The summed E-state index contributed by atoms with van der Waals surface area (Å²) >= 11 is 5.88. The first-order valence-corrected chi connectivity index (χ1v) is 9.53. The Labute approximate surface area is 159 Å². The molecule has 0 saturated heterocycles. The van der Waals surface area contributed by atoms with Crippen LogP contribution in [0.1, 0.15) is 17.5 Å². The maximum absolute atomic E-state index is 13.0. The van der Waals surface area contributed by atoms with Gasteiger partial charge in [0, 0.05) is 19.5 Å². The number of rotatable bonds is 7. The summed E-state index contributed by atoms with van der Waals surface area (Å²) in [4.78, 5) is 10.4. The van der Waals surface area contributed by atoms with E-state index in [4.69, 9.17) is 17.3 Å². The lowest BCUT2D eigenvalue weighted by Gasteiger charge is -2.23. The molecule has 0 spiro atoms. The molecule has 0 atom stereocenters. The summed E-state index contributed by atoms with van der Waals surface area (Å²) in [6.07, 6.45) is -5.02. The minimum atomic E-state index is -4.73. The number of nitrogens with zero attached hydrogens (tertiary/aromatic N) is 1. The van der Waals surface area contributed by atoms with Crippen LogP contribution in [0.15, 0.2) is 53.4 Å². The third kappa shape index (κ3) is 5.44. The molecular weight excluding hydrogens is 405 g/mol. The first-order chi connectivity index (χ1) is 12.5. The molecule has 0 radical (unpaired) electrons. The second-order valence-corrected chi connectivity index (χ2v) is 8.00. The number of hydrogen-bond acceptors (Lipinski definition) is 3. The maximum Gasteiger partial charge on any atom is 0.416 e. The van der Waals surface area contributed by atoms with Crippen molar-refractivity contribution in [3.05, 3.63) is 64.7 Å². The fourth-order valence-corrected chi connectivity index (χ4v) is 4.25. The van der Waals surface area contributed by atoms with Crippen LogP contribution in [0.3, 0.4) is 0 Å². The molecule has 0 aliphatic carbocycles. The lowest BCUT2D eigenvalue weighted by Crippen LogP contribution is -2.34. The van der Waals surface area contributed by atoms with Crippen LogP contribution in [0.2, 0.25) is 5.02 Å². The molecule has 1 amide bonds. The molecule has 0 aromatic heterocycles. The fraction of sp³-hybridized carbons (Fsp3) is 0.235. The molecular formula is C17H16ClF3N2O3S. The Kier molecular flexibility index (Phi) is 6.50. The van der Waals surface area contributed by atoms with Crippen LogP contribution >= 0.6 is 11.6 Å². The van der Waals surface area contributed by atoms with Crippen molar-refractivity contribution in [1.29, 1.82) is 0 Å². The van der Waals surface area contributed by atoms with Crippen LogP contribution in [0.5, 0.6) is 0 Å². The third-order valence-electron chi connectivity index (χ3n) is 3.69. The van der Waals surface area contributed by atoms with E-state index in [1.165, 1.54) is 0 Å². The smallest absolute Gasteiger partial charge is 0.370 e. The van der Waals surface area contributed by atoms with Crippen molar-refractivity contribution in [3.63, 3.8) is 0 Å². The van der Waals surface area contributed by atoms with E-state index in [0.717, 1.165) is 10.4 Å². The molecule has 2 aromatic rings. The number of primary amides is 1. The average Bonchev–Trinajstić information content (AvgIpc) is 2.58. The summed E-state index contributed by atoms with van der Waals surface area (Å²) in [5.74, 6) is -0.738. The highest BCUT2D eigenvalue weighted by molar-refractivity contribution is 7.89. The van der Waals surface area contributed by atoms with Crippen LogP contribution in [-0.4, -0.2) is 25.2 Å². The van der Waals surface area contributed by atoms with Crippen molar-refractivity contribution in [2.45, 2.75) is 24.0 Å². The fourth-order valence-electron chi connectivity index (χ4n) is 2.32. The number of benzene rings is 2. The van der Waals surface area contributed by atoms with E-state index in [0.29, 0.717) is 17.7 Å².